The summed E-state index contributed by atoms with van der Waals surface area (Å²) in [6.07, 6.45) is 2.44. The zero-order chi connectivity index (χ0) is 20.0. The molecule has 2 aromatic rings. The second kappa shape index (κ2) is 11.6. The van der Waals surface area contributed by atoms with Crippen molar-refractivity contribution in [3.05, 3.63) is 44.8 Å². The zero-order valence-electron chi connectivity index (χ0n) is 17.4. The Kier molecular flexibility index (Phi) is 9.87. The van der Waals surface area contributed by atoms with Gasteiger partial charge in [-0.3, -0.25) is 4.90 Å². The fourth-order valence-corrected chi connectivity index (χ4v) is 5.61. The van der Waals surface area contributed by atoms with Crippen molar-refractivity contribution in [3.8, 4) is 0 Å². The number of hydrogen-bond donors (Lipinski definition) is 3. The molecule has 0 saturated carbocycles. The van der Waals surface area contributed by atoms with Gasteiger partial charge in [0, 0.05) is 28.9 Å². The Balaban J connectivity index is 0.00000300. The summed E-state index contributed by atoms with van der Waals surface area (Å²) in [5, 5.41) is 21.8. The largest absolute Gasteiger partial charge is 0.383 e. The number of guanidine groups is 1. The average molecular weight is 549 g/mol. The van der Waals surface area contributed by atoms with Crippen LogP contribution in [-0.4, -0.2) is 49.2 Å². The van der Waals surface area contributed by atoms with E-state index in [-0.39, 0.29) is 24.0 Å². The highest BCUT2D eigenvalue weighted by molar-refractivity contribution is 14.0. The van der Waals surface area contributed by atoms with E-state index in [4.69, 9.17) is 0 Å². The van der Waals surface area contributed by atoms with Gasteiger partial charge < -0.3 is 15.7 Å². The number of aliphatic imine (C=N–C) groups is 1. The zero-order valence-corrected chi connectivity index (χ0v) is 21.4. The Hall–Kier alpha value is -0.680. The molecule has 162 valence electrons. The van der Waals surface area contributed by atoms with Gasteiger partial charge in [-0.1, -0.05) is 12.1 Å². The summed E-state index contributed by atoms with van der Waals surface area (Å²) in [5.41, 5.74) is -0.943. The maximum Gasteiger partial charge on any atom is 0.191 e. The molecule has 0 aliphatic carbocycles. The Labute approximate surface area is 199 Å². The second-order valence-corrected chi connectivity index (χ2v) is 9.60. The van der Waals surface area contributed by atoms with E-state index in [0.717, 1.165) is 30.5 Å². The minimum Gasteiger partial charge on any atom is -0.383 e. The molecule has 3 unspecified atom stereocenters. The van der Waals surface area contributed by atoms with Crippen LogP contribution in [0.25, 0.3) is 0 Å². The SMILES string of the molecule is CCNC(=NCC(C)(O)c1cccs1)NCC1CCCN(C)C1c1cccs1.I. The lowest BCUT2D eigenvalue weighted by atomic mass is 9.88. The van der Waals surface area contributed by atoms with Crippen molar-refractivity contribution in [2.75, 3.05) is 33.2 Å². The number of likely N-dealkylation sites (tertiary alicyclic amines) is 1. The van der Waals surface area contributed by atoms with Gasteiger partial charge in [0.1, 0.15) is 5.60 Å². The van der Waals surface area contributed by atoms with Gasteiger partial charge in [0.05, 0.1) is 6.54 Å². The Bertz CT molecular complexity index is 734. The smallest absolute Gasteiger partial charge is 0.191 e. The molecule has 0 aromatic carbocycles. The summed E-state index contributed by atoms with van der Waals surface area (Å²) in [7, 11) is 2.23. The molecular weight excluding hydrogens is 515 g/mol. The molecular formula is C21H33IN4OS2. The minimum absolute atomic E-state index is 0. The number of hydrogen-bond acceptors (Lipinski definition) is 5. The van der Waals surface area contributed by atoms with Crippen molar-refractivity contribution in [1.29, 1.82) is 0 Å². The van der Waals surface area contributed by atoms with Crippen molar-refractivity contribution >= 4 is 52.6 Å². The maximum absolute atomic E-state index is 10.8. The van der Waals surface area contributed by atoms with Crippen molar-refractivity contribution < 1.29 is 5.11 Å². The number of rotatable bonds is 7. The van der Waals surface area contributed by atoms with E-state index < -0.39 is 5.60 Å². The number of aliphatic hydroxyl groups is 1. The summed E-state index contributed by atoms with van der Waals surface area (Å²) >= 11 is 3.41. The Morgan fingerprint density at radius 1 is 1.28 bits per heavy atom. The maximum atomic E-state index is 10.8. The lowest BCUT2D eigenvalue weighted by Crippen LogP contribution is -2.45. The summed E-state index contributed by atoms with van der Waals surface area (Å²) in [5.74, 6) is 1.32. The standard InChI is InChI=1S/C21H32N4OS2.HI/c1-4-22-20(24-15-21(2,26)18-10-7-13-28-18)23-14-16-8-5-11-25(3)19(16)17-9-6-12-27-17;/h6-7,9-10,12-13,16,19,26H,4-5,8,11,14-15H2,1-3H3,(H2,22,23,24);1H. The van der Waals surface area contributed by atoms with Crippen molar-refractivity contribution in [2.45, 2.75) is 38.3 Å². The lowest BCUT2D eigenvalue weighted by molar-refractivity contribution is 0.0711. The second-order valence-electron chi connectivity index (χ2n) is 7.67. The Morgan fingerprint density at radius 3 is 2.69 bits per heavy atom. The first-order valence-electron chi connectivity index (χ1n) is 10.0. The van der Waals surface area contributed by atoms with E-state index in [1.165, 1.54) is 17.7 Å². The first-order valence-corrected chi connectivity index (χ1v) is 11.8. The highest BCUT2D eigenvalue weighted by Gasteiger charge is 2.31. The molecule has 0 amide bonds. The van der Waals surface area contributed by atoms with Crippen LogP contribution in [0.1, 0.15) is 42.5 Å². The summed E-state index contributed by atoms with van der Waals surface area (Å²) in [6, 6.07) is 8.78. The Morgan fingerprint density at radius 2 is 2.03 bits per heavy atom. The van der Waals surface area contributed by atoms with Crippen LogP contribution < -0.4 is 10.6 Å². The van der Waals surface area contributed by atoms with Crippen LogP contribution in [0.2, 0.25) is 0 Å². The van der Waals surface area contributed by atoms with Gasteiger partial charge in [0.2, 0.25) is 0 Å². The van der Waals surface area contributed by atoms with Gasteiger partial charge in [-0.2, -0.15) is 0 Å². The van der Waals surface area contributed by atoms with Gasteiger partial charge in [0.15, 0.2) is 5.96 Å². The molecule has 3 heterocycles. The molecule has 29 heavy (non-hydrogen) atoms. The lowest BCUT2D eigenvalue weighted by Gasteiger charge is -2.39. The topological polar surface area (TPSA) is 59.9 Å². The predicted octanol–water partition coefficient (Wildman–Crippen LogP) is 4.27. The molecule has 3 N–H and O–H groups in total. The molecule has 1 aliphatic rings. The number of thiophene rings is 2. The first kappa shape index (κ1) is 24.6. The third-order valence-corrected chi connectivity index (χ3v) is 7.38. The van der Waals surface area contributed by atoms with E-state index in [0.29, 0.717) is 18.5 Å². The molecule has 0 bridgehead atoms. The molecule has 0 radical (unpaired) electrons. The van der Waals surface area contributed by atoms with E-state index in [1.54, 1.807) is 11.3 Å². The monoisotopic (exact) mass is 548 g/mol. The summed E-state index contributed by atoms with van der Waals surface area (Å²) in [6.45, 7) is 7.05. The van der Waals surface area contributed by atoms with Crippen LogP contribution in [0, 0.1) is 5.92 Å². The van der Waals surface area contributed by atoms with Crippen LogP contribution in [0.4, 0.5) is 0 Å². The summed E-state index contributed by atoms with van der Waals surface area (Å²) in [4.78, 5) is 9.54. The van der Waals surface area contributed by atoms with Crippen LogP contribution >= 0.6 is 46.7 Å². The molecule has 1 fully saturated rings. The molecule has 1 aliphatic heterocycles. The quantitative estimate of drug-likeness (QED) is 0.275. The van der Waals surface area contributed by atoms with Crippen molar-refractivity contribution in [1.82, 2.24) is 15.5 Å². The fourth-order valence-electron chi connectivity index (χ4n) is 3.85. The average Bonchev–Trinajstić information content (AvgIpc) is 3.38. The molecule has 1 saturated heterocycles. The first-order chi connectivity index (χ1) is 13.5. The molecule has 8 heteroatoms. The van der Waals surface area contributed by atoms with Crippen LogP contribution in [0.15, 0.2) is 40.0 Å². The highest BCUT2D eigenvalue weighted by Crippen LogP contribution is 2.36. The van der Waals surface area contributed by atoms with Crippen molar-refractivity contribution in [2.24, 2.45) is 10.9 Å². The van der Waals surface area contributed by atoms with E-state index in [1.807, 2.05) is 35.8 Å². The van der Waals surface area contributed by atoms with Crippen LogP contribution in [0.5, 0.6) is 0 Å². The number of nitrogens with zero attached hydrogens (tertiary/aromatic N) is 2. The molecule has 5 nitrogen and oxygen atoms in total. The highest BCUT2D eigenvalue weighted by atomic mass is 127. The molecule has 3 atom stereocenters. The van der Waals surface area contributed by atoms with E-state index in [2.05, 4.69) is 52.0 Å². The summed E-state index contributed by atoms with van der Waals surface area (Å²) < 4.78 is 0. The van der Waals surface area contributed by atoms with Crippen LogP contribution in [0.3, 0.4) is 0 Å². The molecule has 2 aromatic heterocycles. The van der Waals surface area contributed by atoms with Gasteiger partial charge in [-0.05, 0) is 69.1 Å². The minimum atomic E-state index is -0.943. The molecule has 3 rings (SSSR count). The van der Waals surface area contributed by atoms with E-state index in [9.17, 15) is 5.11 Å². The van der Waals surface area contributed by atoms with E-state index >= 15 is 0 Å². The van der Waals surface area contributed by atoms with Gasteiger partial charge in [-0.15, -0.1) is 46.7 Å². The fraction of sp³-hybridized carbons (Fsp3) is 0.571. The van der Waals surface area contributed by atoms with Crippen molar-refractivity contribution in [3.63, 3.8) is 0 Å². The normalized spacial score (nSPS) is 22.6. The van der Waals surface area contributed by atoms with Gasteiger partial charge in [-0.25, -0.2) is 4.99 Å². The molecule has 0 spiro atoms. The van der Waals surface area contributed by atoms with Crippen LogP contribution in [-0.2, 0) is 5.60 Å². The number of halogens is 1. The van der Waals surface area contributed by atoms with Gasteiger partial charge >= 0.3 is 0 Å². The number of piperidine rings is 1. The third kappa shape index (κ3) is 6.65. The van der Waals surface area contributed by atoms with Gasteiger partial charge in [0.25, 0.3) is 0 Å². The third-order valence-electron chi connectivity index (χ3n) is 5.31. The number of nitrogens with one attached hydrogen (secondary N) is 2. The predicted molar refractivity (Wildman–Crippen MR) is 136 cm³/mol.